The van der Waals surface area contributed by atoms with E-state index in [2.05, 4.69) is 44.8 Å². The van der Waals surface area contributed by atoms with E-state index in [4.69, 9.17) is 14.2 Å². The Labute approximate surface area is 172 Å². The molecular formula is C22H30N4O3. The molecule has 1 aliphatic heterocycles. The number of aliphatic imine (C=N–C) groups is 1. The molecule has 0 spiro atoms. The molecule has 156 valence electrons. The fourth-order valence-electron chi connectivity index (χ4n) is 3.18. The first kappa shape index (κ1) is 20.8. The fraction of sp³-hybridized carbons (Fsp3) is 0.409. The second kappa shape index (κ2) is 11.2. The maximum Gasteiger partial charge on any atom is 0.191 e. The molecule has 2 N–H and O–H groups in total. The summed E-state index contributed by atoms with van der Waals surface area (Å²) in [5.41, 5.74) is 2.49. The van der Waals surface area contributed by atoms with E-state index < -0.39 is 0 Å². The van der Waals surface area contributed by atoms with Crippen molar-refractivity contribution in [1.82, 2.24) is 10.6 Å². The van der Waals surface area contributed by atoms with Gasteiger partial charge in [-0.15, -0.1) is 0 Å². The molecule has 0 aliphatic carbocycles. The Morgan fingerprint density at radius 1 is 1.03 bits per heavy atom. The average Bonchev–Trinajstić information content (AvgIpc) is 2.80. The van der Waals surface area contributed by atoms with Crippen LogP contribution in [0.15, 0.2) is 53.5 Å². The van der Waals surface area contributed by atoms with Crippen LogP contribution in [0.1, 0.15) is 5.56 Å². The molecule has 0 bridgehead atoms. The van der Waals surface area contributed by atoms with Crippen molar-refractivity contribution in [3.63, 3.8) is 0 Å². The largest absolute Gasteiger partial charge is 0.497 e. The lowest BCUT2D eigenvalue weighted by atomic mass is 10.1. The minimum Gasteiger partial charge on any atom is -0.497 e. The van der Waals surface area contributed by atoms with Crippen LogP contribution >= 0.6 is 0 Å². The summed E-state index contributed by atoms with van der Waals surface area (Å²) >= 11 is 0. The molecule has 0 radical (unpaired) electrons. The van der Waals surface area contributed by atoms with Gasteiger partial charge in [0.2, 0.25) is 0 Å². The Morgan fingerprint density at radius 2 is 1.76 bits per heavy atom. The van der Waals surface area contributed by atoms with Crippen molar-refractivity contribution in [3.05, 3.63) is 54.1 Å². The van der Waals surface area contributed by atoms with E-state index in [-0.39, 0.29) is 0 Å². The molecular weight excluding hydrogens is 368 g/mol. The van der Waals surface area contributed by atoms with Gasteiger partial charge in [-0.05, 0) is 35.9 Å². The Balaban J connectivity index is 1.44. The Morgan fingerprint density at radius 3 is 2.48 bits per heavy atom. The number of methoxy groups -OCH3 is 1. The molecule has 0 aromatic heterocycles. The number of nitrogens with one attached hydrogen (secondary N) is 2. The number of rotatable bonds is 8. The highest BCUT2D eigenvalue weighted by Gasteiger charge is 2.14. The first-order valence-corrected chi connectivity index (χ1v) is 9.92. The van der Waals surface area contributed by atoms with E-state index in [1.807, 2.05) is 24.3 Å². The number of nitrogens with zero attached hydrogens (tertiary/aromatic N) is 2. The van der Waals surface area contributed by atoms with Crippen LogP contribution in [0.2, 0.25) is 0 Å². The molecule has 29 heavy (non-hydrogen) atoms. The van der Waals surface area contributed by atoms with Gasteiger partial charge in [0.15, 0.2) is 5.96 Å². The number of hydrogen-bond acceptors (Lipinski definition) is 5. The fourth-order valence-corrected chi connectivity index (χ4v) is 3.18. The van der Waals surface area contributed by atoms with Gasteiger partial charge in [-0.1, -0.05) is 18.2 Å². The van der Waals surface area contributed by atoms with Crippen molar-refractivity contribution in [3.8, 4) is 11.5 Å². The quantitative estimate of drug-likeness (QED) is 0.404. The Bertz CT molecular complexity index is 774. The van der Waals surface area contributed by atoms with E-state index in [1.165, 1.54) is 11.3 Å². The highest BCUT2D eigenvalue weighted by atomic mass is 16.5. The number of guanidine groups is 1. The average molecular weight is 399 g/mol. The molecule has 0 unspecified atom stereocenters. The molecule has 1 heterocycles. The van der Waals surface area contributed by atoms with E-state index in [9.17, 15) is 0 Å². The summed E-state index contributed by atoms with van der Waals surface area (Å²) in [6.07, 6.45) is 0. The van der Waals surface area contributed by atoms with E-state index in [0.29, 0.717) is 19.7 Å². The number of hydrogen-bond donors (Lipinski definition) is 2. The predicted molar refractivity (Wildman–Crippen MR) is 116 cm³/mol. The standard InChI is InChI=1S/C22H30N4O3/c1-23-22(24-11-14-29-20-9-7-19(27-2)8-10-20)25-17-18-5-3-4-6-21(18)26-12-15-28-16-13-26/h3-10H,11-17H2,1-2H3,(H2,23,24,25). The van der Waals surface area contributed by atoms with Gasteiger partial charge in [0.25, 0.3) is 0 Å². The van der Waals surface area contributed by atoms with Gasteiger partial charge in [0.05, 0.1) is 26.9 Å². The SMILES string of the molecule is CN=C(NCCOc1ccc(OC)cc1)NCc1ccccc1N1CCOCC1. The van der Waals surface area contributed by atoms with Crippen molar-refractivity contribution in [2.45, 2.75) is 6.54 Å². The highest BCUT2D eigenvalue weighted by Crippen LogP contribution is 2.21. The van der Waals surface area contributed by atoms with Crippen LogP contribution in [-0.4, -0.2) is 59.6 Å². The second-order valence-electron chi connectivity index (χ2n) is 6.60. The molecule has 1 aliphatic rings. The number of benzene rings is 2. The molecule has 0 atom stereocenters. The zero-order chi connectivity index (χ0) is 20.3. The van der Waals surface area contributed by atoms with Crippen molar-refractivity contribution in [2.24, 2.45) is 4.99 Å². The third kappa shape index (κ3) is 6.29. The molecule has 2 aromatic rings. The summed E-state index contributed by atoms with van der Waals surface area (Å²) in [6.45, 7) is 5.29. The normalized spacial score (nSPS) is 14.4. The molecule has 1 fully saturated rings. The van der Waals surface area contributed by atoms with Gasteiger partial charge in [-0.2, -0.15) is 0 Å². The van der Waals surface area contributed by atoms with Crippen LogP contribution in [0.3, 0.4) is 0 Å². The van der Waals surface area contributed by atoms with Gasteiger partial charge in [-0.3, -0.25) is 4.99 Å². The van der Waals surface area contributed by atoms with Crippen LogP contribution in [0.25, 0.3) is 0 Å². The molecule has 0 amide bonds. The third-order valence-corrected chi connectivity index (χ3v) is 4.74. The lowest BCUT2D eigenvalue weighted by Gasteiger charge is -2.30. The minimum atomic E-state index is 0.539. The molecule has 2 aromatic carbocycles. The smallest absolute Gasteiger partial charge is 0.191 e. The van der Waals surface area contributed by atoms with Crippen LogP contribution in [0.4, 0.5) is 5.69 Å². The summed E-state index contributed by atoms with van der Waals surface area (Å²) in [5, 5.41) is 6.67. The van der Waals surface area contributed by atoms with Crippen LogP contribution < -0.4 is 25.0 Å². The topological polar surface area (TPSA) is 67.4 Å². The van der Waals surface area contributed by atoms with Gasteiger partial charge < -0.3 is 29.7 Å². The number of morpholine rings is 1. The summed E-state index contributed by atoms with van der Waals surface area (Å²) < 4.78 is 16.4. The van der Waals surface area contributed by atoms with Gasteiger partial charge >= 0.3 is 0 Å². The maximum atomic E-state index is 5.74. The van der Waals surface area contributed by atoms with E-state index >= 15 is 0 Å². The summed E-state index contributed by atoms with van der Waals surface area (Å²) in [4.78, 5) is 6.68. The monoisotopic (exact) mass is 398 g/mol. The van der Waals surface area contributed by atoms with Gasteiger partial charge in [0.1, 0.15) is 18.1 Å². The summed E-state index contributed by atoms with van der Waals surface area (Å²) in [6, 6.07) is 16.0. The predicted octanol–water partition coefficient (Wildman–Crippen LogP) is 2.28. The van der Waals surface area contributed by atoms with Crippen LogP contribution in [0.5, 0.6) is 11.5 Å². The highest BCUT2D eigenvalue weighted by molar-refractivity contribution is 5.79. The van der Waals surface area contributed by atoms with Crippen molar-refractivity contribution < 1.29 is 14.2 Å². The molecule has 1 saturated heterocycles. The molecule has 7 nitrogen and oxygen atoms in total. The van der Waals surface area contributed by atoms with Gasteiger partial charge in [-0.25, -0.2) is 0 Å². The van der Waals surface area contributed by atoms with Gasteiger partial charge in [0, 0.05) is 32.4 Å². The van der Waals surface area contributed by atoms with Crippen molar-refractivity contribution in [2.75, 3.05) is 58.5 Å². The molecule has 7 heteroatoms. The third-order valence-electron chi connectivity index (χ3n) is 4.74. The molecule has 0 saturated carbocycles. The van der Waals surface area contributed by atoms with E-state index in [0.717, 1.165) is 43.8 Å². The second-order valence-corrected chi connectivity index (χ2v) is 6.60. The maximum absolute atomic E-state index is 5.74. The zero-order valence-electron chi connectivity index (χ0n) is 17.2. The first-order valence-electron chi connectivity index (χ1n) is 9.92. The van der Waals surface area contributed by atoms with Crippen molar-refractivity contribution >= 4 is 11.6 Å². The lowest BCUT2D eigenvalue weighted by molar-refractivity contribution is 0.122. The summed E-state index contributed by atoms with van der Waals surface area (Å²) in [5.74, 6) is 2.38. The Hall–Kier alpha value is -2.93. The zero-order valence-corrected chi connectivity index (χ0v) is 17.2. The first-order chi connectivity index (χ1) is 14.3. The number of para-hydroxylation sites is 1. The van der Waals surface area contributed by atoms with Crippen LogP contribution in [-0.2, 0) is 11.3 Å². The lowest BCUT2D eigenvalue weighted by Crippen LogP contribution is -2.40. The minimum absolute atomic E-state index is 0.539. The Kier molecular flexibility index (Phi) is 8.01. The van der Waals surface area contributed by atoms with Crippen LogP contribution in [0, 0.1) is 0 Å². The van der Waals surface area contributed by atoms with E-state index in [1.54, 1.807) is 14.2 Å². The molecule has 3 rings (SSSR count). The summed E-state index contributed by atoms with van der Waals surface area (Å²) in [7, 11) is 3.42. The van der Waals surface area contributed by atoms with Crippen molar-refractivity contribution in [1.29, 1.82) is 0 Å². The number of ether oxygens (including phenoxy) is 3. The number of anilines is 1.